The summed E-state index contributed by atoms with van der Waals surface area (Å²) in [5.41, 5.74) is 2.64. The standard InChI is InChI=1S/C16H13N3O3/c1-10-6-7-18-15(8-10)17-9-13(16(18)20)12-4-3-5-14(11(12)2)19(21)22/h3-9H,1-2H3. The van der Waals surface area contributed by atoms with Crippen molar-refractivity contribution in [2.45, 2.75) is 13.8 Å². The molecule has 0 saturated heterocycles. The summed E-state index contributed by atoms with van der Waals surface area (Å²) in [6.45, 7) is 3.56. The Kier molecular flexibility index (Phi) is 3.21. The van der Waals surface area contributed by atoms with Crippen molar-refractivity contribution in [2.75, 3.05) is 0 Å². The van der Waals surface area contributed by atoms with E-state index in [1.54, 1.807) is 25.3 Å². The zero-order valence-corrected chi connectivity index (χ0v) is 12.1. The SMILES string of the molecule is Cc1ccn2c(=O)c(-c3cccc([N+](=O)[O-])c3C)cnc2c1. The maximum Gasteiger partial charge on any atom is 0.272 e. The van der Waals surface area contributed by atoms with Gasteiger partial charge >= 0.3 is 0 Å². The molecule has 6 heteroatoms. The third kappa shape index (κ3) is 2.14. The van der Waals surface area contributed by atoms with Crippen molar-refractivity contribution in [1.29, 1.82) is 0 Å². The molecule has 2 aromatic heterocycles. The molecular formula is C16H13N3O3. The normalized spacial score (nSPS) is 10.8. The van der Waals surface area contributed by atoms with Crippen LogP contribution in [-0.2, 0) is 0 Å². The van der Waals surface area contributed by atoms with Crippen molar-refractivity contribution in [3.63, 3.8) is 0 Å². The molecule has 0 radical (unpaired) electrons. The van der Waals surface area contributed by atoms with Crippen LogP contribution in [0.5, 0.6) is 0 Å². The van der Waals surface area contributed by atoms with Gasteiger partial charge in [0.05, 0.1) is 10.5 Å². The summed E-state index contributed by atoms with van der Waals surface area (Å²) in [4.78, 5) is 27.5. The van der Waals surface area contributed by atoms with Crippen molar-refractivity contribution < 1.29 is 4.92 Å². The largest absolute Gasteiger partial charge is 0.272 e. The molecule has 0 atom stereocenters. The quantitative estimate of drug-likeness (QED) is 0.538. The molecule has 0 N–H and O–H groups in total. The van der Waals surface area contributed by atoms with E-state index in [0.717, 1.165) is 5.56 Å². The Labute approximate surface area is 125 Å². The number of pyridine rings is 1. The number of aromatic nitrogens is 2. The van der Waals surface area contributed by atoms with Gasteiger partial charge in [-0.3, -0.25) is 19.3 Å². The highest BCUT2D eigenvalue weighted by Crippen LogP contribution is 2.27. The van der Waals surface area contributed by atoms with E-state index >= 15 is 0 Å². The second-order valence-electron chi connectivity index (χ2n) is 5.12. The topological polar surface area (TPSA) is 77.5 Å². The lowest BCUT2D eigenvalue weighted by molar-refractivity contribution is -0.385. The number of fused-ring (bicyclic) bond motifs is 1. The van der Waals surface area contributed by atoms with E-state index in [1.165, 1.54) is 16.7 Å². The van der Waals surface area contributed by atoms with Crippen molar-refractivity contribution in [3.05, 3.63) is 74.3 Å². The van der Waals surface area contributed by atoms with Gasteiger partial charge in [-0.15, -0.1) is 0 Å². The van der Waals surface area contributed by atoms with E-state index in [0.29, 0.717) is 22.3 Å². The van der Waals surface area contributed by atoms with Crippen molar-refractivity contribution in [1.82, 2.24) is 9.38 Å². The summed E-state index contributed by atoms with van der Waals surface area (Å²) in [5, 5.41) is 11.0. The number of nitrogens with zero attached hydrogens (tertiary/aromatic N) is 3. The average Bonchev–Trinajstić information content (AvgIpc) is 2.48. The van der Waals surface area contributed by atoms with Crippen LogP contribution >= 0.6 is 0 Å². The van der Waals surface area contributed by atoms with E-state index < -0.39 is 4.92 Å². The first kappa shape index (κ1) is 13.9. The number of aryl methyl sites for hydroxylation is 1. The van der Waals surface area contributed by atoms with E-state index in [-0.39, 0.29) is 11.2 Å². The molecule has 0 bridgehead atoms. The van der Waals surface area contributed by atoms with Crippen molar-refractivity contribution in [2.24, 2.45) is 0 Å². The first-order chi connectivity index (χ1) is 10.5. The molecule has 0 spiro atoms. The average molecular weight is 295 g/mol. The van der Waals surface area contributed by atoms with Gasteiger partial charge in [-0.05, 0) is 37.1 Å². The van der Waals surface area contributed by atoms with Gasteiger partial charge in [0.25, 0.3) is 11.2 Å². The second kappa shape index (κ2) is 5.07. The van der Waals surface area contributed by atoms with Gasteiger partial charge in [0.1, 0.15) is 5.65 Å². The zero-order valence-electron chi connectivity index (χ0n) is 12.1. The van der Waals surface area contributed by atoms with Gasteiger partial charge in [-0.1, -0.05) is 12.1 Å². The van der Waals surface area contributed by atoms with Crippen LogP contribution in [0.4, 0.5) is 5.69 Å². The number of rotatable bonds is 2. The Balaban J connectivity index is 2.30. The summed E-state index contributed by atoms with van der Waals surface area (Å²) in [6.07, 6.45) is 3.14. The first-order valence-corrected chi connectivity index (χ1v) is 6.71. The fraction of sp³-hybridized carbons (Fsp3) is 0.125. The Morgan fingerprint density at radius 1 is 1.18 bits per heavy atom. The predicted octanol–water partition coefficient (Wildman–Crippen LogP) is 2.89. The molecule has 0 saturated carbocycles. The van der Waals surface area contributed by atoms with Gasteiger partial charge < -0.3 is 0 Å². The van der Waals surface area contributed by atoms with E-state index in [1.807, 2.05) is 19.1 Å². The lowest BCUT2D eigenvalue weighted by Crippen LogP contribution is -2.17. The molecule has 0 fully saturated rings. The molecule has 0 amide bonds. The minimum atomic E-state index is -0.450. The summed E-state index contributed by atoms with van der Waals surface area (Å²) in [6, 6.07) is 8.32. The number of hydrogen-bond acceptors (Lipinski definition) is 4. The first-order valence-electron chi connectivity index (χ1n) is 6.71. The number of benzene rings is 1. The van der Waals surface area contributed by atoms with Crippen LogP contribution < -0.4 is 5.56 Å². The smallest absolute Gasteiger partial charge is 0.268 e. The lowest BCUT2D eigenvalue weighted by Gasteiger charge is -2.08. The fourth-order valence-electron chi connectivity index (χ4n) is 2.47. The monoisotopic (exact) mass is 295 g/mol. The third-order valence-electron chi connectivity index (χ3n) is 3.66. The van der Waals surface area contributed by atoms with E-state index in [9.17, 15) is 14.9 Å². The van der Waals surface area contributed by atoms with Gasteiger partial charge in [0.15, 0.2) is 0 Å². The number of nitro groups is 1. The highest BCUT2D eigenvalue weighted by Gasteiger charge is 2.17. The van der Waals surface area contributed by atoms with Gasteiger partial charge in [-0.2, -0.15) is 0 Å². The second-order valence-corrected chi connectivity index (χ2v) is 5.12. The van der Waals surface area contributed by atoms with Crippen LogP contribution in [0.1, 0.15) is 11.1 Å². The molecule has 0 aliphatic carbocycles. The lowest BCUT2D eigenvalue weighted by atomic mass is 10.0. The molecule has 0 aliphatic heterocycles. The Bertz CT molecular complexity index is 960. The maximum absolute atomic E-state index is 12.6. The summed E-state index contributed by atoms with van der Waals surface area (Å²) < 4.78 is 1.45. The van der Waals surface area contributed by atoms with Crippen molar-refractivity contribution >= 4 is 11.3 Å². The third-order valence-corrected chi connectivity index (χ3v) is 3.66. The fourth-order valence-corrected chi connectivity index (χ4v) is 2.47. The molecule has 3 rings (SSSR count). The van der Waals surface area contributed by atoms with E-state index in [4.69, 9.17) is 0 Å². The highest BCUT2D eigenvalue weighted by atomic mass is 16.6. The summed E-state index contributed by atoms with van der Waals surface area (Å²) >= 11 is 0. The Hall–Kier alpha value is -3.02. The highest BCUT2D eigenvalue weighted by molar-refractivity contribution is 5.70. The van der Waals surface area contributed by atoms with Crippen LogP contribution in [0.25, 0.3) is 16.8 Å². The van der Waals surface area contributed by atoms with Gasteiger partial charge in [0.2, 0.25) is 0 Å². The molecule has 3 aromatic rings. The molecule has 0 aliphatic rings. The summed E-state index contributed by atoms with van der Waals surface area (Å²) in [7, 11) is 0. The van der Waals surface area contributed by atoms with Crippen LogP contribution in [0, 0.1) is 24.0 Å². The minimum absolute atomic E-state index is 0.00842. The van der Waals surface area contributed by atoms with Crippen LogP contribution in [-0.4, -0.2) is 14.3 Å². The molecule has 0 unspecified atom stereocenters. The molecule has 1 aromatic carbocycles. The van der Waals surface area contributed by atoms with Gasteiger partial charge in [0, 0.05) is 24.0 Å². The van der Waals surface area contributed by atoms with Crippen LogP contribution in [0.15, 0.2) is 47.5 Å². The zero-order chi connectivity index (χ0) is 15.9. The molecular weight excluding hydrogens is 282 g/mol. The number of hydrogen-bond donors (Lipinski definition) is 0. The van der Waals surface area contributed by atoms with Crippen LogP contribution in [0.2, 0.25) is 0 Å². The van der Waals surface area contributed by atoms with E-state index in [2.05, 4.69) is 4.98 Å². The van der Waals surface area contributed by atoms with Crippen LogP contribution in [0.3, 0.4) is 0 Å². The molecule has 22 heavy (non-hydrogen) atoms. The maximum atomic E-state index is 12.6. The Morgan fingerprint density at radius 2 is 1.95 bits per heavy atom. The molecule has 6 nitrogen and oxygen atoms in total. The molecule has 2 heterocycles. The van der Waals surface area contributed by atoms with Gasteiger partial charge in [-0.25, -0.2) is 4.98 Å². The Morgan fingerprint density at radius 3 is 2.68 bits per heavy atom. The predicted molar refractivity (Wildman–Crippen MR) is 83.0 cm³/mol. The number of nitro benzene ring substituents is 1. The molecule has 110 valence electrons. The van der Waals surface area contributed by atoms with Crippen molar-refractivity contribution in [3.8, 4) is 11.1 Å². The minimum Gasteiger partial charge on any atom is -0.268 e. The summed E-state index contributed by atoms with van der Waals surface area (Å²) in [5.74, 6) is 0.